The number of rotatable bonds is 4. The Morgan fingerprint density at radius 2 is 2.13 bits per heavy atom. The molecule has 0 unspecified atom stereocenters. The van der Waals surface area contributed by atoms with Gasteiger partial charge >= 0.3 is 5.97 Å². The second kappa shape index (κ2) is 7.04. The number of carbonyl (C=O) groups is 2. The van der Waals surface area contributed by atoms with Gasteiger partial charge in [-0.2, -0.15) is 10.2 Å². The van der Waals surface area contributed by atoms with Crippen molar-refractivity contribution in [3.63, 3.8) is 0 Å². The SMILES string of the molecule is Cc1ncc(C(=O)O)cc1NC(=O)c1cnn2cc(-c3cnn4c3COCC4)sc12. The van der Waals surface area contributed by atoms with Gasteiger partial charge in [0.05, 0.1) is 65.2 Å². The number of carboxylic acid groups (broad SMARTS) is 1. The van der Waals surface area contributed by atoms with E-state index in [1.165, 1.54) is 29.8 Å². The van der Waals surface area contributed by atoms with E-state index in [9.17, 15) is 9.59 Å². The molecule has 0 bridgehead atoms. The molecule has 0 spiro atoms. The van der Waals surface area contributed by atoms with Crippen molar-refractivity contribution < 1.29 is 19.4 Å². The van der Waals surface area contributed by atoms with E-state index in [2.05, 4.69) is 20.5 Å². The second-order valence-electron chi connectivity index (χ2n) is 6.80. The van der Waals surface area contributed by atoms with Crippen molar-refractivity contribution in [2.24, 2.45) is 0 Å². The minimum absolute atomic E-state index is 0.00247. The topological polar surface area (TPSA) is 124 Å². The highest BCUT2D eigenvalue weighted by Gasteiger charge is 2.21. The number of amides is 1. The molecule has 1 aliphatic rings. The molecule has 11 heteroatoms. The van der Waals surface area contributed by atoms with Crippen LogP contribution in [0, 0.1) is 6.92 Å². The molecule has 2 N–H and O–H groups in total. The normalized spacial score (nSPS) is 13.4. The van der Waals surface area contributed by atoms with Crippen LogP contribution in [0.15, 0.2) is 30.9 Å². The van der Waals surface area contributed by atoms with Gasteiger partial charge in [-0.3, -0.25) is 14.5 Å². The zero-order chi connectivity index (χ0) is 20.8. The lowest BCUT2D eigenvalue weighted by atomic mass is 10.2. The summed E-state index contributed by atoms with van der Waals surface area (Å²) in [5, 5.41) is 20.6. The van der Waals surface area contributed by atoms with Crippen molar-refractivity contribution in [2.75, 3.05) is 11.9 Å². The number of carbonyl (C=O) groups excluding carboxylic acids is 1. The lowest BCUT2D eigenvalue weighted by Crippen LogP contribution is -2.17. The van der Waals surface area contributed by atoms with Gasteiger partial charge in [0.1, 0.15) is 4.83 Å². The summed E-state index contributed by atoms with van der Waals surface area (Å²) in [7, 11) is 0. The van der Waals surface area contributed by atoms with E-state index in [1.807, 2.05) is 17.1 Å². The smallest absolute Gasteiger partial charge is 0.337 e. The van der Waals surface area contributed by atoms with Gasteiger partial charge in [-0.1, -0.05) is 0 Å². The number of ether oxygens (including phenoxy) is 1. The predicted octanol–water partition coefficient (Wildman–Crippen LogP) is 2.44. The molecule has 1 aliphatic heterocycles. The number of hydrogen-bond donors (Lipinski definition) is 2. The molecule has 152 valence electrons. The van der Waals surface area contributed by atoms with Crippen LogP contribution in [0.2, 0.25) is 0 Å². The Kier molecular flexibility index (Phi) is 4.33. The number of fused-ring (bicyclic) bond motifs is 2. The minimum atomic E-state index is -1.11. The van der Waals surface area contributed by atoms with E-state index in [0.717, 1.165) is 16.1 Å². The van der Waals surface area contributed by atoms with Crippen LogP contribution in [-0.4, -0.2) is 48.0 Å². The van der Waals surface area contributed by atoms with E-state index >= 15 is 0 Å². The third kappa shape index (κ3) is 3.04. The van der Waals surface area contributed by atoms with Crippen molar-refractivity contribution in [1.82, 2.24) is 24.4 Å². The molecule has 0 fully saturated rings. The number of nitrogens with one attached hydrogen (secondary N) is 1. The van der Waals surface area contributed by atoms with Crippen LogP contribution < -0.4 is 5.32 Å². The lowest BCUT2D eigenvalue weighted by Gasteiger charge is -2.14. The van der Waals surface area contributed by atoms with Crippen LogP contribution in [0.4, 0.5) is 5.69 Å². The molecule has 4 aromatic rings. The highest BCUT2D eigenvalue weighted by atomic mass is 32.1. The number of aromatic nitrogens is 5. The van der Waals surface area contributed by atoms with Crippen LogP contribution in [0.5, 0.6) is 0 Å². The molecule has 0 saturated carbocycles. The maximum atomic E-state index is 12.9. The maximum absolute atomic E-state index is 12.9. The first-order valence-corrected chi connectivity index (χ1v) is 9.94. The van der Waals surface area contributed by atoms with E-state index < -0.39 is 5.97 Å². The first kappa shape index (κ1) is 18.5. The molecule has 0 aliphatic carbocycles. The monoisotopic (exact) mass is 424 g/mol. The third-order valence-electron chi connectivity index (χ3n) is 4.92. The molecular formula is C19H16N6O4S. The van der Waals surface area contributed by atoms with Crippen molar-refractivity contribution in [3.05, 3.63) is 53.4 Å². The quantitative estimate of drug-likeness (QED) is 0.516. The standard InChI is InChI=1S/C19H16N6O4S/c1-10-14(4-11(5-20-10)19(27)28)23-17(26)13-7-22-25-8-16(30-18(13)25)12-6-21-24-2-3-29-9-15(12)24/h4-8H,2-3,9H2,1H3,(H,23,26)(H,27,28). The van der Waals surface area contributed by atoms with Gasteiger partial charge in [-0.05, 0) is 13.0 Å². The van der Waals surface area contributed by atoms with Gasteiger partial charge in [-0.25, -0.2) is 9.31 Å². The first-order chi connectivity index (χ1) is 14.5. The summed E-state index contributed by atoms with van der Waals surface area (Å²) in [6.45, 7) is 3.55. The van der Waals surface area contributed by atoms with Gasteiger partial charge in [0, 0.05) is 18.0 Å². The van der Waals surface area contributed by atoms with E-state index in [0.29, 0.717) is 41.5 Å². The molecular weight excluding hydrogens is 408 g/mol. The number of pyridine rings is 1. The van der Waals surface area contributed by atoms with Crippen molar-refractivity contribution in [1.29, 1.82) is 0 Å². The van der Waals surface area contributed by atoms with Crippen LogP contribution >= 0.6 is 11.3 Å². The fourth-order valence-corrected chi connectivity index (χ4v) is 4.40. The molecule has 5 heterocycles. The summed E-state index contributed by atoms with van der Waals surface area (Å²) in [5.74, 6) is -1.49. The zero-order valence-electron chi connectivity index (χ0n) is 15.8. The minimum Gasteiger partial charge on any atom is -0.478 e. The summed E-state index contributed by atoms with van der Waals surface area (Å²) in [5.41, 5.74) is 3.23. The number of anilines is 1. The molecule has 0 saturated heterocycles. The van der Waals surface area contributed by atoms with Crippen LogP contribution in [0.3, 0.4) is 0 Å². The largest absolute Gasteiger partial charge is 0.478 e. The molecule has 0 radical (unpaired) electrons. The molecule has 5 rings (SSSR count). The molecule has 0 aromatic carbocycles. The average Bonchev–Trinajstić information content (AvgIpc) is 3.42. The van der Waals surface area contributed by atoms with Crippen LogP contribution in [-0.2, 0) is 17.9 Å². The van der Waals surface area contributed by atoms with Crippen molar-refractivity contribution in [3.8, 4) is 10.4 Å². The fourth-order valence-electron chi connectivity index (χ4n) is 3.31. The Labute approximate surface area is 173 Å². The highest BCUT2D eigenvalue weighted by molar-refractivity contribution is 7.21. The Bertz CT molecular complexity index is 1300. The Hall–Kier alpha value is -3.57. The van der Waals surface area contributed by atoms with Crippen LogP contribution in [0.1, 0.15) is 32.1 Å². The first-order valence-electron chi connectivity index (χ1n) is 9.12. The molecule has 1 amide bonds. The van der Waals surface area contributed by atoms with Crippen molar-refractivity contribution >= 4 is 33.7 Å². The molecule has 30 heavy (non-hydrogen) atoms. The number of aryl methyl sites for hydroxylation is 1. The van der Waals surface area contributed by atoms with Gasteiger partial charge in [0.15, 0.2) is 0 Å². The number of hydrogen-bond acceptors (Lipinski definition) is 7. The summed E-state index contributed by atoms with van der Waals surface area (Å²) >= 11 is 1.43. The Morgan fingerprint density at radius 3 is 2.97 bits per heavy atom. The zero-order valence-corrected chi connectivity index (χ0v) is 16.6. The van der Waals surface area contributed by atoms with E-state index in [4.69, 9.17) is 9.84 Å². The Morgan fingerprint density at radius 1 is 1.27 bits per heavy atom. The summed E-state index contributed by atoms with van der Waals surface area (Å²) < 4.78 is 9.13. The summed E-state index contributed by atoms with van der Waals surface area (Å²) in [6, 6.07) is 1.39. The third-order valence-corrected chi connectivity index (χ3v) is 6.07. The van der Waals surface area contributed by atoms with Gasteiger partial charge in [0.25, 0.3) is 5.91 Å². The van der Waals surface area contributed by atoms with Crippen molar-refractivity contribution in [2.45, 2.75) is 20.1 Å². The molecule has 0 atom stereocenters. The molecule has 10 nitrogen and oxygen atoms in total. The summed E-state index contributed by atoms with van der Waals surface area (Å²) in [6.07, 6.45) is 6.42. The average molecular weight is 424 g/mol. The fraction of sp³-hybridized carbons (Fsp3) is 0.211. The second-order valence-corrected chi connectivity index (χ2v) is 7.83. The highest BCUT2D eigenvalue weighted by Crippen LogP contribution is 2.34. The molecule has 4 aromatic heterocycles. The van der Waals surface area contributed by atoms with E-state index in [-0.39, 0.29) is 11.5 Å². The number of carboxylic acids is 1. The van der Waals surface area contributed by atoms with Gasteiger partial charge in [-0.15, -0.1) is 11.3 Å². The summed E-state index contributed by atoms with van der Waals surface area (Å²) in [4.78, 5) is 29.7. The lowest BCUT2D eigenvalue weighted by molar-refractivity contribution is 0.0696. The number of nitrogens with zero attached hydrogens (tertiary/aromatic N) is 5. The van der Waals surface area contributed by atoms with E-state index in [1.54, 1.807) is 11.4 Å². The van der Waals surface area contributed by atoms with Crippen LogP contribution in [0.25, 0.3) is 15.3 Å². The number of thiazole rings is 1. The van der Waals surface area contributed by atoms with Gasteiger partial charge in [0.2, 0.25) is 0 Å². The predicted molar refractivity (Wildman–Crippen MR) is 108 cm³/mol. The Balaban J connectivity index is 1.47. The maximum Gasteiger partial charge on any atom is 0.337 e. The number of aromatic carboxylic acids is 1. The van der Waals surface area contributed by atoms with Gasteiger partial charge < -0.3 is 15.2 Å².